The minimum absolute atomic E-state index is 0.153. The summed E-state index contributed by atoms with van der Waals surface area (Å²) in [4.78, 5) is 11.2. The Hall–Kier alpha value is -0.520. The molecular weight excluding hydrogens is 301 g/mol. The Morgan fingerprint density at radius 3 is 2.43 bits per heavy atom. The highest BCUT2D eigenvalue weighted by atomic mass is 127. The molecule has 0 aliphatic rings. The van der Waals surface area contributed by atoms with E-state index < -0.39 is 6.43 Å². The van der Waals surface area contributed by atoms with Gasteiger partial charge in [-0.25, -0.2) is 8.78 Å². The molecule has 0 saturated carbocycles. The Kier molecular flexibility index (Phi) is 3.58. The molecule has 0 aromatic heterocycles. The zero-order valence-corrected chi connectivity index (χ0v) is 9.93. The van der Waals surface area contributed by atoms with E-state index in [0.29, 0.717) is 5.56 Å². The molecule has 0 fully saturated rings. The second-order valence-electron chi connectivity index (χ2n) is 3.04. The first-order valence-electron chi connectivity index (χ1n) is 4.02. The summed E-state index contributed by atoms with van der Waals surface area (Å²) >= 11 is 1.96. The predicted molar refractivity (Wildman–Crippen MR) is 58.9 cm³/mol. The van der Waals surface area contributed by atoms with Crippen molar-refractivity contribution < 1.29 is 13.6 Å². The molecule has 0 radical (unpaired) electrons. The maximum absolute atomic E-state index is 12.6. The van der Waals surface area contributed by atoms with Gasteiger partial charge in [0.15, 0.2) is 5.78 Å². The third kappa shape index (κ3) is 2.29. The normalized spacial score (nSPS) is 10.7. The lowest BCUT2D eigenvalue weighted by Crippen LogP contribution is -2.04. The molecule has 1 aromatic carbocycles. The van der Waals surface area contributed by atoms with Crippen LogP contribution in [0.25, 0.3) is 0 Å². The maximum atomic E-state index is 12.6. The van der Waals surface area contributed by atoms with E-state index in [9.17, 15) is 13.6 Å². The van der Waals surface area contributed by atoms with Gasteiger partial charge in [-0.1, -0.05) is 0 Å². The van der Waals surface area contributed by atoms with Crippen LogP contribution in [0.2, 0.25) is 0 Å². The van der Waals surface area contributed by atoms with Gasteiger partial charge in [0.25, 0.3) is 6.43 Å². The summed E-state index contributed by atoms with van der Waals surface area (Å²) in [6, 6.07) is 3.08. The lowest BCUT2D eigenvalue weighted by atomic mass is 9.99. The number of carbonyl (C=O) groups excluding carboxylic acids is 1. The zero-order chi connectivity index (χ0) is 10.9. The van der Waals surface area contributed by atoms with Crippen LogP contribution in [0.15, 0.2) is 12.1 Å². The number of Topliss-reactive ketones (excluding diaryl/α,β-unsaturated/α-hetero) is 1. The highest BCUT2D eigenvalue weighted by Gasteiger charge is 2.18. The maximum Gasteiger partial charge on any atom is 0.264 e. The molecule has 0 heterocycles. The average Bonchev–Trinajstić information content (AvgIpc) is 2.01. The van der Waals surface area contributed by atoms with E-state index in [2.05, 4.69) is 0 Å². The number of rotatable bonds is 2. The van der Waals surface area contributed by atoms with Crippen molar-refractivity contribution in [2.75, 3.05) is 0 Å². The van der Waals surface area contributed by atoms with Crippen molar-refractivity contribution >= 4 is 28.4 Å². The number of hydrogen-bond acceptors (Lipinski definition) is 1. The van der Waals surface area contributed by atoms with Crippen LogP contribution in [0.1, 0.15) is 34.8 Å². The molecule has 1 nitrogen and oxygen atoms in total. The van der Waals surface area contributed by atoms with Crippen molar-refractivity contribution in [2.45, 2.75) is 20.3 Å². The van der Waals surface area contributed by atoms with Crippen molar-refractivity contribution in [1.29, 1.82) is 0 Å². The van der Waals surface area contributed by atoms with Gasteiger partial charge in [0.2, 0.25) is 0 Å². The van der Waals surface area contributed by atoms with Crippen LogP contribution in [-0.4, -0.2) is 5.78 Å². The Bertz CT molecular complexity index is 375. The van der Waals surface area contributed by atoms with Gasteiger partial charge in [-0.2, -0.15) is 0 Å². The van der Waals surface area contributed by atoms with Gasteiger partial charge in [-0.3, -0.25) is 4.79 Å². The van der Waals surface area contributed by atoms with E-state index in [1.54, 1.807) is 13.0 Å². The van der Waals surface area contributed by atoms with Crippen molar-refractivity contribution in [2.24, 2.45) is 0 Å². The van der Waals surface area contributed by atoms with E-state index in [1.807, 2.05) is 22.6 Å². The first-order chi connectivity index (χ1) is 6.43. The molecule has 0 unspecified atom stereocenters. The fourth-order valence-electron chi connectivity index (χ4n) is 1.42. The largest absolute Gasteiger partial charge is 0.294 e. The number of hydrogen-bond donors (Lipinski definition) is 0. The molecule has 1 rings (SSSR count). The molecule has 0 aliphatic carbocycles. The van der Waals surface area contributed by atoms with Crippen molar-refractivity contribution in [3.8, 4) is 0 Å². The van der Waals surface area contributed by atoms with Crippen LogP contribution in [0.4, 0.5) is 8.78 Å². The summed E-state index contributed by atoms with van der Waals surface area (Å²) in [5.74, 6) is -0.311. The molecule has 1 aromatic rings. The quantitative estimate of drug-likeness (QED) is 0.601. The molecule has 0 amide bonds. The van der Waals surface area contributed by atoms with E-state index in [-0.39, 0.29) is 16.9 Å². The third-order valence-electron chi connectivity index (χ3n) is 1.92. The van der Waals surface area contributed by atoms with Gasteiger partial charge in [-0.05, 0) is 54.1 Å². The minimum Gasteiger partial charge on any atom is -0.294 e. The first-order valence-corrected chi connectivity index (χ1v) is 5.10. The molecule has 0 spiro atoms. The van der Waals surface area contributed by atoms with Crippen LogP contribution in [0.5, 0.6) is 0 Å². The summed E-state index contributed by atoms with van der Waals surface area (Å²) < 4.78 is 25.9. The van der Waals surface area contributed by atoms with E-state index in [1.165, 1.54) is 13.0 Å². The monoisotopic (exact) mass is 310 g/mol. The second kappa shape index (κ2) is 4.33. The number of alkyl halides is 2. The second-order valence-corrected chi connectivity index (χ2v) is 4.29. The number of aryl methyl sites for hydroxylation is 1. The molecule has 0 saturated heterocycles. The van der Waals surface area contributed by atoms with Crippen molar-refractivity contribution in [3.63, 3.8) is 0 Å². The summed E-state index contributed by atoms with van der Waals surface area (Å²) in [6.45, 7) is 2.98. The minimum atomic E-state index is -2.60. The molecule has 0 aliphatic heterocycles. The highest BCUT2D eigenvalue weighted by Crippen LogP contribution is 2.27. The molecule has 4 heteroatoms. The molecule has 0 bridgehead atoms. The smallest absolute Gasteiger partial charge is 0.264 e. The Labute approximate surface area is 94.6 Å². The summed E-state index contributed by atoms with van der Waals surface area (Å²) in [7, 11) is 0. The number of ketones is 1. The lowest BCUT2D eigenvalue weighted by molar-refractivity contribution is 0.0998. The molecule has 76 valence electrons. The first kappa shape index (κ1) is 11.6. The Morgan fingerprint density at radius 1 is 1.43 bits per heavy atom. The standard InChI is InChI=1S/C10H9F2IO/c1-5-3-7(13)4-8(10(11)12)9(5)6(2)14/h3-4,10H,1-2H3. The number of halogens is 3. The zero-order valence-electron chi connectivity index (χ0n) is 7.77. The van der Waals surface area contributed by atoms with Crippen LogP contribution in [0.3, 0.4) is 0 Å². The summed E-state index contributed by atoms with van der Waals surface area (Å²) in [5.41, 5.74) is 0.599. The average molecular weight is 310 g/mol. The highest BCUT2D eigenvalue weighted by molar-refractivity contribution is 14.1. The van der Waals surface area contributed by atoms with Gasteiger partial charge in [0.1, 0.15) is 0 Å². The van der Waals surface area contributed by atoms with E-state index in [4.69, 9.17) is 0 Å². The van der Waals surface area contributed by atoms with Gasteiger partial charge in [0.05, 0.1) is 0 Å². The molecule has 14 heavy (non-hydrogen) atoms. The fourth-order valence-corrected chi connectivity index (χ4v) is 2.22. The molecular formula is C10H9F2IO. The summed E-state index contributed by atoms with van der Waals surface area (Å²) in [6.07, 6.45) is -2.60. The van der Waals surface area contributed by atoms with Crippen LogP contribution in [0, 0.1) is 10.5 Å². The summed E-state index contributed by atoms with van der Waals surface area (Å²) in [5, 5.41) is 0. The van der Waals surface area contributed by atoms with E-state index in [0.717, 1.165) is 3.57 Å². The number of carbonyl (C=O) groups is 1. The topological polar surface area (TPSA) is 17.1 Å². The number of benzene rings is 1. The van der Waals surface area contributed by atoms with Gasteiger partial charge >= 0.3 is 0 Å². The van der Waals surface area contributed by atoms with Crippen molar-refractivity contribution in [3.05, 3.63) is 32.4 Å². The third-order valence-corrected chi connectivity index (χ3v) is 2.54. The Morgan fingerprint density at radius 2 is 2.00 bits per heavy atom. The van der Waals surface area contributed by atoms with Crippen molar-refractivity contribution in [1.82, 2.24) is 0 Å². The fraction of sp³-hybridized carbons (Fsp3) is 0.300. The molecule has 0 N–H and O–H groups in total. The van der Waals surface area contributed by atoms with Gasteiger partial charge in [-0.15, -0.1) is 0 Å². The molecule has 0 atom stereocenters. The van der Waals surface area contributed by atoms with Gasteiger partial charge in [0, 0.05) is 14.7 Å². The lowest BCUT2D eigenvalue weighted by Gasteiger charge is -2.09. The van der Waals surface area contributed by atoms with Crippen LogP contribution < -0.4 is 0 Å². The van der Waals surface area contributed by atoms with E-state index >= 15 is 0 Å². The van der Waals surface area contributed by atoms with Crippen LogP contribution in [-0.2, 0) is 0 Å². The van der Waals surface area contributed by atoms with Crippen LogP contribution >= 0.6 is 22.6 Å². The Balaban J connectivity index is 3.44. The predicted octanol–water partition coefficient (Wildman–Crippen LogP) is 3.74. The SMILES string of the molecule is CC(=O)c1c(C)cc(I)cc1C(F)F. The van der Waals surface area contributed by atoms with Gasteiger partial charge < -0.3 is 0 Å².